The van der Waals surface area contributed by atoms with Gasteiger partial charge in [0.05, 0.1) is 35.6 Å². The molecular formula is C16H21BF4N2O3. The van der Waals surface area contributed by atoms with Crippen molar-refractivity contribution in [2.24, 2.45) is 0 Å². The van der Waals surface area contributed by atoms with Crippen LogP contribution in [0.4, 0.5) is 17.6 Å². The molecule has 0 spiro atoms. The zero-order chi connectivity index (χ0) is 19.3. The average Bonchev–Trinajstić information content (AvgIpc) is 3.18. The van der Waals surface area contributed by atoms with Crippen molar-refractivity contribution in [2.75, 3.05) is 13.2 Å². The molecule has 0 bridgehead atoms. The Bertz CT molecular complexity index is 693. The molecule has 2 aliphatic rings. The van der Waals surface area contributed by atoms with Gasteiger partial charge in [-0.2, -0.15) is 18.3 Å². The van der Waals surface area contributed by atoms with Gasteiger partial charge in [-0.25, -0.2) is 4.39 Å². The Balaban J connectivity index is 1.97. The fraction of sp³-hybridized carbons (Fsp3) is 0.688. The van der Waals surface area contributed by atoms with Crippen LogP contribution in [0.5, 0.6) is 0 Å². The number of hydrogen-bond acceptors (Lipinski definition) is 4. The zero-order valence-corrected chi connectivity index (χ0v) is 15.1. The minimum Gasteiger partial charge on any atom is -0.398 e. The molecule has 0 radical (unpaired) electrons. The van der Waals surface area contributed by atoms with Gasteiger partial charge in [-0.3, -0.25) is 4.68 Å². The topological polar surface area (TPSA) is 45.5 Å². The van der Waals surface area contributed by atoms with E-state index in [2.05, 4.69) is 5.10 Å². The smallest absolute Gasteiger partial charge is 0.398 e. The van der Waals surface area contributed by atoms with Crippen LogP contribution < -0.4 is 0 Å². The molecule has 144 valence electrons. The van der Waals surface area contributed by atoms with Crippen LogP contribution in [0.25, 0.3) is 5.57 Å². The Labute approximate surface area is 149 Å². The lowest BCUT2D eigenvalue weighted by molar-refractivity contribution is -0.0699. The van der Waals surface area contributed by atoms with E-state index in [0.29, 0.717) is 19.6 Å². The quantitative estimate of drug-likeness (QED) is 0.596. The molecule has 0 N–H and O–H groups in total. The van der Waals surface area contributed by atoms with E-state index < -0.39 is 35.8 Å². The fourth-order valence-electron chi connectivity index (χ4n) is 2.90. The van der Waals surface area contributed by atoms with E-state index in [1.165, 1.54) is 10.9 Å². The molecule has 5 nitrogen and oxygen atoms in total. The molecule has 0 saturated carbocycles. The molecule has 26 heavy (non-hydrogen) atoms. The third kappa shape index (κ3) is 3.42. The Morgan fingerprint density at radius 2 is 1.85 bits per heavy atom. The molecule has 3 rings (SSSR count). The molecule has 1 unspecified atom stereocenters. The van der Waals surface area contributed by atoms with E-state index in [9.17, 15) is 17.6 Å². The third-order valence-corrected chi connectivity index (χ3v) is 5.15. The first kappa shape index (κ1) is 19.4. The van der Waals surface area contributed by atoms with E-state index in [-0.39, 0.29) is 11.6 Å². The highest BCUT2D eigenvalue weighted by Gasteiger charge is 2.55. The summed E-state index contributed by atoms with van der Waals surface area (Å²) in [6.45, 7) is 7.46. The van der Waals surface area contributed by atoms with Crippen LogP contribution in [0, 0.1) is 0 Å². The van der Waals surface area contributed by atoms with Crippen molar-refractivity contribution < 1.29 is 31.6 Å². The molecule has 0 aromatic carbocycles. The van der Waals surface area contributed by atoms with Crippen molar-refractivity contribution in [1.82, 2.24) is 9.78 Å². The second-order valence-electron chi connectivity index (χ2n) is 7.54. The predicted octanol–water partition coefficient (Wildman–Crippen LogP) is 3.72. The number of nitrogens with zero attached hydrogens (tertiary/aromatic N) is 2. The van der Waals surface area contributed by atoms with E-state index in [1.807, 2.05) is 0 Å². The maximum Gasteiger partial charge on any atom is 0.525 e. The SMILES string of the molecule is CC1(C)OB(C(F)=C(c2cnn(C3CCOC3)c2)C(F)(F)F)OC1(C)C. The van der Waals surface area contributed by atoms with Gasteiger partial charge >= 0.3 is 13.3 Å². The molecule has 2 fully saturated rings. The summed E-state index contributed by atoms with van der Waals surface area (Å²) in [6.07, 6.45) is -2.08. The molecule has 1 atom stereocenters. The molecule has 3 heterocycles. The van der Waals surface area contributed by atoms with Crippen molar-refractivity contribution >= 4 is 12.7 Å². The van der Waals surface area contributed by atoms with E-state index in [0.717, 1.165) is 6.20 Å². The number of aromatic nitrogens is 2. The van der Waals surface area contributed by atoms with Gasteiger partial charge in [-0.1, -0.05) is 0 Å². The predicted molar refractivity (Wildman–Crippen MR) is 86.9 cm³/mol. The van der Waals surface area contributed by atoms with Crippen LogP contribution in [0.2, 0.25) is 0 Å². The summed E-state index contributed by atoms with van der Waals surface area (Å²) in [5.74, 6) is 0. The summed E-state index contributed by atoms with van der Waals surface area (Å²) >= 11 is 0. The van der Waals surface area contributed by atoms with Crippen molar-refractivity contribution in [3.8, 4) is 0 Å². The van der Waals surface area contributed by atoms with Gasteiger partial charge in [0.15, 0.2) is 0 Å². The Morgan fingerprint density at radius 3 is 2.35 bits per heavy atom. The first-order valence-corrected chi connectivity index (χ1v) is 8.37. The number of ether oxygens (including phenoxy) is 1. The second kappa shape index (κ2) is 6.35. The monoisotopic (exact) mass is 376 g/mol. The number of alkyl halides is 3. The van der Waals surface area contributed by atoms with Crippen LogP contribution in [0.3, 0.4) is 0 Å². The normalized spacial score (nSPS) is 26.3. The molecule has 2 saturated heterocycles. The summed E-state index contributed by atoms with van der Waals surface area (Å²) in [5, 5.41) is 3.95. The maximum absolute atomic E-state index is 14.9. The lowest BCUT2D eigenvalue weighted by Gasteiger charge is -2.32. The van der Waals surface area contributed by atoms with Gasteiger partial charge in [-0.15, -0.1) is 0 Å². The van der Waals surface area contributed by atoms with Gasteiger partial charge in [0.1, 0.15) is 5.73 Å². The van der Waals surface area contributed by atoms with E-state index >= 15 is 0 Å². The van der Waals surface area contributed by atoms with Gasteiger partial charge in [0, 0.05) is 18.4 Å². The van der Waals surface area contributed by atoms with Gasteiger partial charge < -0.3 is 14.0 Å². The van der Waals surface area contributed by atoms with Crippen molar-refractivity contribution in [2.45, 2.75) is 57.5 Å². The van der Waals surface area contributed by atoms with E-state index in [1.54, 1.807) is 27.7 Å². The van der Waals surface area contributed by atoms with Crippen molar-refractivity contribution in [3.63, 3.8) is 0 Å². The first-order valence-electron chi connectivity index (χ1n) is 8.37. The highest BCUT2D eigenvalue weighted by molar-refractivity contribution is 6.55. The average molecular weight is 376 g/mol. The minimum atomic E-state index is -4.92. The Morgan fingerprint density at radius 1 is 1.23 bits per heavy atom. The van der Waals surface area contributed by atoms with Gasteiger partial charge in [-0.05, 0) is 34.1 Å². The molecule has 0 amide bonds. The summed E-state index contributed by atoms with van der Waals surface area (Å²) in [6, 6.07) is -0.154. The lowest BCUT2D eigenvalue weighted by Crippen LogP contribution is -2.41. The molecule has 2 aliphatic heterocycles. The van der Waals surface area contributed by atoms with Crippen LogP contribution in [-0.4, -0.2) is 47.5 Å². The number of halogens is 4. The first-order chi connectivity index (χ1) is 11.9. The second-order valence-corrected chi connectivity index (χ2v) is 7.54. The molecule has 10 heteroatoms. The van der Waals surface area contributed by atoms with Crippen molar-refractivity contribution in [1.29, 1.82) is 0 Å². The summed E-state index contributed by atoms with van der Waals surface area (Å²) in [5.41, 5.74) is -5.19. The summed E-state index contributed by atoms with van der Waals surface area (Å²) in [4.78, 5) is 0. The third-order valence-electron chi connectivity index (χ3n) is 5.15. The largest absolute Gasteiger partial charge is 0.525 e. The zero-order valence-electron chi connectivity index (χ0n) is 15.1. The molecular weight excluding hydrogens is 355 g/mol. The Kier molecular flexibility index (Phi) is 4.73. The number of rotatable bonds is 3. The fourth-order valence-corrected chi connectivity index (χ4v) is 2.90. The van der Waals surface area contributed by atoms with Crippen LogP contribution >= 0.6 is 0 Å². The van der Waals surface area contributed by atoms with Crippen LogP contribution in [0.15, 0.2) is 18.1 Å². The van der Waals surface area contributed by atoms with Gasteiger partial charge in [0.25, 0.3) is 0 Å². The standard InChI is InChI=1S/C16H21BF4N2O3/c1-14(2)15(3,4)26-17(25-14)13(18)12(16(19,20)21)10-7-22-23(8-10)11-5-6-24-9-11/h7-8,11H,5-6,9H2,1-4H3. The molecule has 1 aromatic rings. The maximum atomic E-state index is 14.9. The van der Waals surface area contributed by atoms with Gasteiger partial charge in [0.2, 0.25) is 0 Å². The number of hydrogen-bond donors (Lipinski definition) is 0. The number of allylic oxidation sites excluding steroid dienone is 1. The lowest BCUT2D eigenvalue weighted by atomic mass is 9.83. The van der Waals surface area contributed by atoms with E-state index in [4.69, 9.17) is 14.0 Å². The van der Waals surface area contributed by atoms with Crippen molar-refractivity contribution in [3.05, 3.63) is 23.7 Å². The minimum absolute atomic E-state index is 0.154. The van der Waals surface area contributed by atoms with Crippen LogP contribution in [-0.2, 0) is 14.0 Å². The highest BCUT2D eigenvalue weighted by atomic mass is 19.4. The molecule has 1 aromatic heterocycles. The highest BCUT2D eigenvalue weighted by Crippen LogP contribution is 2.43. The Hall–Kier alpha value is -1.39. The summed E-state index contributed by atoms with van der Waals surface area (Å²) < 4.78 is 73.2. The summed E-state index contributed by atoms with van der Waals surface area (Å²) in [7, 11) is -1.73. The van der Waals surface area contributed by atoms with Crippen LogP contribution in [0.1, 0.15) is 45.7 Å². The molecule has 0 aliphatic carbocycles.